The minimum absolute atomic E-state index is 0.152. The Bertz CT molecular complexity index is 1110. The molecule has 0 saturated carbocycles. The molecule has 1 aliphatic heterocycles. The number of amides is 2. The summed E-state index contributed by atoms with van der Waals surface area (Å²) >= 11 is 0. The maximum Gasteiger partial charge on any atom is 0.267 e. The number of anilines is 1. The lowest BCUT2D eigenvalue weighted by Gasteiger charge is -2.21. The van der Waals surface area contributed by atoms with Gasteiger partial charge in [0.15, 0.2) is 0 Å². The lowest BCUT2D eigenvalue weighted by molar-refractivity contribution is -0.114. The highest BCUT2D eigenvalue weighted by molar-refractivity contribution is 6.12. The van der Waals surface area contributed by atoms with E-state index in [0.29, 0.717) is 22.4 Å². The highest BCUT2D eigenvalue weighted by Crippen LogP contribution is 2.23. The zero-order valence-corrected chi connectivity index (χ0v) is 18.4. The molecule has 0 spiro atoms. The Balaban J connectivity index is 1.89. The van der Waals surface area contributed by atoms with Crippen LogP contribution in [0.3, 0.4) is 0 Å². The minimum atomic E-state index is -0.304. The summed E-state index contributed by atoms with van der Waals surface area (Å²) in [7, 11) is 3.23. The van der Waals surface area contributed by atoms with Crippen molar-refractivity contribution < 1.29 is 9.59 Å². The van der Waals surface area contributed by atoms with E-state index in [2.05, 4.69) is 12.2 Å². The Labute approximate surface area is 188 Å². The molecule has 0 fully saturated rings. The Morgan fingerprint density at radius 2 is 1.62 bits per heavy atom. The summed E-state index contributed by atoms with van der Waals surface area (Å²) in [5.74, 6) is 5.05. The van der Waals surface area contributed by atoms with Crippen molar-refractivity contribution >= 4 is 29.3 Å². The van der Waals surface area contributed by atoms with Gasteiger partial charge in [-0.05, 0) is 54.0 Å². The van der Waals surface area contributed by atoms with Crippen molar-refractivity contribution in [2.24, 2.45) is 5.84 Å². The predicted molar refractivity (Wildman–Crippen MR) is 128 cm³/mol. The number of benzene rings is 2. The summed E-state index contributed by atoms with van der Waals surface area (Å²) in [6.45, 7) is 2.09. The van der Waals surface area contributed by atoms with Gasteiger partial charge in [-0.15, -0.1) is 0 Å². The molecule has 32 heavy (non-hydrogen) atoms. The molecule has 0 aliphatic carbocycles. The van der Waals surface area contributed by atoms with Crippen LogP contribution in [0, 0.1) is 5.41 Å². The first-order chi connectivity index (χ1) is 15.3. The van der Waals surface area contributed by atoms with Gasteiger partial charge in [-0.25, -0.2) is 5.84 Å². The zero-order chi connectivity index (χ0) is 23.3. The number of rotatable bonds is 6. The number of nitrogens with zero attached hydrogens (tertiary/aromatic N) is 2. The van der Waals surface area contributed by atoms with E-state index in [-0.39, 0.29) is 11.8 Å². The lowest BCUT2D eigenvalue weighted by Crippen LogP contribution is -2.33. The number of carbonyl (C=O) groups excluding carboxylic acids is 2. The van der Waals surface area contributed by atoms with Crippen LogP contribution in [0.5, 0.6) is 0 Å². The Kier molecular flexibility index (Phi) is 7.02. The monoisotopic (exact) mass is 429 g/mol. The number of hydrogen-bond acceptors (Lipinski definition) is 5. The number of aryl methyl sites for hydroxylation is 1. The van der Waals surface area contributed by atoms with Gasteiger partial charge in [-0.2, -0.15) is 0 Å². The van der Waals surface area contributed by atoms with Crippen molar-refractivity contribution in [1.29, 1.82) is 5.41 Å². The van der Waals surface area contributed by atoms with E-state index in [1.807, 2.05) is 24.3 Å². The largest absolute Gasteiger partial charge is 0.361 e. The summed E-state index contributed by atoms with van der Waals surface area (Å²) in [5, 5.41) is 12.0. The molecular formula is C25H27N5O2. The van der Waals surface area contributed by atoms with Gasteiger partial charge in [-0.3, -0.25) is 14.6 Å². The molecule has 164 valence electrons. The Morgan fingerprint density at radius 1 is 1.00 bits per heavy atom. The molecule has 2 aromatic carbocycles. The molecule has 7 nitrogen and oxygen atoms in total. The van der Waals surface area contributed by atoms with Crippen molar-refractivity contribution in [3.8, 4) is 0 Å². The summed E-state index contributed by atoms with van der Waals surface area (Å²) in [6, 6.07) is 14.7. The van der Waals surface area contributed by atoms with E-state index in [4.69, 9.17) is 11.3 Å². The number of hydrogen-bond donors (Lipinski definition) is 3. The van der Waals surface area contributed by atoms with Crippen LogP contribution in [0.25, 0.3) is 5.57 Å². The molecule has 0 atom stereocenters. The van der Waals surface area contributed by atoms with Gasteiger partial charge in [0, 0.05) is 54.6 Å². The summed E-state index contributed by atoms with van der Waals surface area (Å²) < 4.78 is 0. The molecular weight excluding hydrogens is 402 g/mol. The molecule has 0 unspecified atom stereocenters. The van der Waals surface area contributed by atoms with Crippen LogP contribution in [0.15, 0.2) is 78.2 Å². The maximum atomic E-state index is 13.1. The third-order valence-electron chi connectivity index (χ3n) is 5.28. The fourth-order valence-electron chi connectivity index (χ4n) is 3.33. The number of allylic oxidation sites excluding steroid dienone is 2. The van der Waals surface area contributed by atoms with Crippen LogP contribution < -0.4 is 16.1 Å². The van der Waals surface area contributed by atoms with Crippen molar-refractivity contribution in [2.45, 2.75) is 13.3 Å². The van der Waals surface area contributed by atoms with Gasteiger partial charge in [-0.1, -0.05) is 31.2 Å². The average Bonchev–Trinajstić information content (AvgIpc) is 2.83. The molecule has 3 rings (SSSR count). The second kappa shape index (κ2) is 9.89. The molecule has 2 aromatic rings. The molecule has 0 saturated heterocycles. The standard InChI is InChI=1S/C25H27N5O2/c1-4-17-5-11-21(12-6-17)29(2)24(31)20-13-14-28-23(15-20)22(16-26)18-7-9-19(10-8-18)25(32)30(3)27/h5-16,26,28H,4,27H2,1-3H3/b23-22+,26-16?. The summed E-state index contributed by atoms with van der Waals surface area (Å²) in [4.78, 5) is 26.7. The highest BCUT2D eigenvalue weighted by atomic mass is 16.2. The topological polar surface area (TPSA) is 103 Å². The van der Waals surface area contributed by atoms with Gasteiger partial charge in [0.2, 0.25) is 0 Å². The van der Waals surface area contributed by atoms with Gasteiger partial charge in [0.05, 0.1) is 0 Å². The number of nitrogens with one attached hydrogen (secondary N) is 2. The third-order valence-corrected chi connectivity index (χ3v) is 5.28. The number of dihydropyridines is 1. The van der Waals surface area contributed by atoms with Crippen molar-refractivity contribution in [3.63, 3.8) is 0 Å². The molecule has 4 N–H and O–H groups in total. The number of likely N-dealkylation sites (N-methyl/N-ethyl adjacent to an activating group) is 1. The number of carbonyl (C=O) groups is 2. The van der Waals surface area contributed by atoms with Crippen molar-refractivity contribution in [3.05, 3.63) is 94.8 Å². The Hall–Kier alpha value is -3.97. The molecule has 0 radical (unpaired) electrons. The SMILES string of the molecule is CCc1ccc(N(C)C(=O)C2=C/C(=C(/C=N)c3ccc(C(=O)N(C)N)cc3)NC=C2)cc1. The molecule has 1 heterocycles. The van der Waals surface area contributed by atoms with Crippen molar-refractivity contribution in [2.75, 3.05) is 19.0 Å². The van der Waals surface area contributed by atoms with Crippen LogP contribution in [0.2, 0.25) is 0 Å². The minimum Gasteiger partial charge on any atom is -0.361 e. The summed E-state index contributed by atoms with van der Waals surface area (Å²) in [5.41, 5.74) is 4.92. The quantitative estimate of drug-likeness (QED) is 0.284. The van der Waals surface area contributed by atoms with Gasteiger partial charge >= 0.3 is 0 Å². The van der Waals surface area contributed by atoms with Crippen LogP contribution >= 0.6 is 0 Å². The number of nitrogens with two attached hydrogens (primary N) is 1. The van der Waals surface area contributed by atoms with Gasteiger partial charge in [0.25, 0.3) is 11.8 Å². The van der Waals surface area contributed by atoms with E-state index in [1.165, 1.54) is 18.8 Å². The van der Waals surface area contributed by atoms with Crippen molar-refractivity contribution in [1.82, 2.24) is 10.3 Å². The van der Waals surface area contributed by atoms with E-state index in [0.717, 1.165) is 22.7 Å². The smallest absolute Gasteiger partial charge is 0.267 e. The first kappa shape index (κ1) is 22.7. The highest BCUT2D eigenvalue weighted by Gasteiger charge is 2.18. The lowest BCUT2D eigenvalue weighted by atomic mass is 10.00. The first-order valence-electron chi connectivity index (χ1n) is 10.3. The normalized spacial score (nSPS) is 14.2. The van der Waals surface area contributed by atoms with E-state index in [1.54, 1.807) is 54.6 Å². The van der Waals surface area contributed by atoms with E-state index in [9.17, 15) is 9.59 Å². The van der Waals surface area contributed by atoms with E-state index < -0.39 is 0 Å². The Morgan fingerprint density at radius 3 is 2.19 bits per heavy atom. The zero-order valence-electron chi connectivity index (χ0n) is 18.4. The van der Waals surface area contributed by atoms with Gasteiger partial charge < -0.3 is 15.6 Å². The number of hydrazine groups is 1. The molecule has 0 bridgehead atoms. The maximum absolute atomic E-state index is 13.1. The second-order valence-corrected chi connectivity index (χ2v) is 7.43. The molecule has 2 amide bonds. The van der Waals surface area contributed by atoms with Crippen LogP contribution in [0.4, 0.5) is 5.69 Å². The van der Waals surface area contributed by atoms with Crippen LogP contribution in [0.1, 0.15) is 28.4 Å². The average molecular weight is 430 g/mol. The van der Waals surface area contributed by atoms with Gasteiger partial charge in [0.1, 0.15) is 0 Å². The molecule has 7 heteroatoms. The first-order valence-corrected chi connectivity index (χ1v) is 10.3. The molecule has 0 aromatic heterocycles. The fourth-order valence-corrected chi connectivity index (χ4v) is 3.33. The van der Waals surface area contributed by atoms with E-state index >= 15 is 0 Å². The third kappa shape index (κ3) is 4.84. The predicted octanol–water partition coefficient (Wildman–Crippen LogP) is 3.26. The van der Waals surface area contributed by atoms with Crippen LogP contribution in [-0.4, -0.2) is 37.1 Å². The molecule has 1 aliphatic rings. The van der Waals surface area contributed by atoms with Crippen LogP contribution in [-0.2, 0) is 11.2 Å². The summed E-state index contributed by atoms with van der Waals surface area (Å²) in [6.07, 6.45) is 7.28. The fraction of sp³-hybridized carbons (Fsp3) is 0.160. The second-order valence-electron chi connectivity index (χ2n) is 7.43.